The molecule has 0 saturated heterocycles. The minimum absolute atomic E-state index is 0.121. The van der Waals surface area contributed by atoms with Gasteiger partial charge < -0.3 is 4.74 Å². The molecule has 16 heavy (non-hydrogen) atoms. The molecule has 0 spiro atoms. The van der Waals surface area contributed by atoms with E-state index in [1.807, 2.05) is 0 Å². The van der Waals surface area contributed by atoms with Gasteiger partial charge >= 0.3 is 5.69 Å². The Morgan fingerprint density at radius 1 is 1.44 bits per heavy atom. The van der Waals surface area contributed by atoms with Crippen molar-refractivity contribution in [3.63, 3.8) is 0 Å². The fourth-order valence-electron chi connectivity index (χ4n) is 1.49. The molecule has 1 aromatic carbocycles. The molecule has 1 aromatic heterocycles. The van der Waals surface area contributed by atoms with Gasteiger partial charge in [-0.25, -0.2) is 0 Å². The van der Waals surface area contributed by atoms with Crippen LogP contribution in [-0.2, 0) is 0 Å². The number of aromatic nitrogens is 1. The van der Waals surface area contributed by atoms with E-state index in [0.29, 0.717) is 15.9 Å². The molecule has 0 fully saturated rings. The van der Waals surface area contributed by atoms with Crippen LogP contribution in [0.1, 0.15) is 0 Å². The second-order valence-corrected chi connectivity index (χ2v) is 3.47. The molecule has 1 heterocycles. The molecular formula is C10H7ClN2O3. The number of fused-ring (bicyclic) bond motifs is 1. The quantitative estimate of drug-likeness (QED) is 0.596. The topological polar surface area (TPSA) is 65.3 Å². The SMILES string of the molecule is COc1c([N+](=O)[O-])ccc2c(Cl)ccnc12. The van der Waals surface area contributed by atoms with Crippen molar-refractivity contribution in [2.45, 2.75) is 0 Å². The van der Waals surface area contributed by atoms with Crippen molar-refractivity contribution < 1.29 is 9.66 Å². The maximum Gasteiger partial charge on any atom is 0.313 e. The summed E-state index contributed by atoms with van der Waals surface area (Å²) in [4.78, 5) is 14.3. The van der Waals surface area contributed by atoms with Crippen LogP contribution in [0, 0.1) is 10.1 Å². The van der Waals surface area contributed by atoms with Gasteiger partial charge in [0.05, 0.1) is 17.1 Å². The monoisotopic (exact) mass is 238 g/mol. The van der Waals surface area contributed by atoms with E-state index in [2.05, 4.69) is 4.98 Å². The lowest BCUT2D eigenvalue weighted by molar-refractivity contribution is -0.385. The van der Waals surface area contributed by atoms with Crippen molar-refractivity contribution >= 4 is 28.2 Å². The molecular weight excluding hydrogens is 232 g/mol. The Hall–Kier alpha value is -1.88. The van der Waals surface area contributed by atoms with Crippen LogP contribution in [0.15, 0.2) is 24.4 Å². The first-order chi connectivity index (χ1) is 7.65. The van der Waals surface area contributed by atoms with E-state index in [0.717, 1.165) is 0 Å². The van der Waals surface area contributed by atoms with Crippen LogP contribution >= 0.6 is 11.6 Å². The lowest BCUT2D eigenvalue weighted by atomic mass is 10.2. The Morgan fingerprint density at radius 3 is 2.81 bits per heavy atom. The summed E-state index contributed by atoms with van der Waals surface area (Å²) in [7, 11) is 1.37. The molecule has 0 bridgehead atoms. The van der Waals surface area contributed by atoms with E-state index in [9.17, 15) is 10.1 Å². The van der Waals surface area contributed by atoms with Crippen LogP contribution in [0.5, 0.6) is 5.75 Å². The average molecular weight is 239 g/mol. The van der Waals surface area contributed by atoms with Crippen LogP contribution in [0.25, 0.3) is 10.9 Å². The highest BCUT2D eigenvalue weighted by atomic mass is 35.5. The molecule has 2 aromatic rings. The first kappa shape index (κ1) is 10.6. The fraction of sp³-hybridized carbons (Fsp3) is 0.100. The minimum Gasteiger partial charge on any atom is -0.489 e. The number of benzene rings is 1. The highest BCUT2D eigenvalue weighted by molar-refractivity contribution is 6.35. The molecule has 0 saturated carbocycles. The molecule has 6 heteroatoms. The summed E-state index contributed by atoms with van der Waals surface area (Å²) in [5, 5.41) is 11.9. The van der Waals surface area contributed by atoms with Crippen LogP contribution in [0.4, 0.5) is 5.69 Å². The number of rotatable bonds is 2. The third-order valence-corrected chi connectivity index (χ3v) is 2.52. The first-order valence-electron chi connectivity index (χ1n) is 4.40. The molecule has 82 valence electrons. The average Bonchev–Trinajstić information content (AvgIpc) is 2.27. The second-order valence-electron chi connectivity index (χ2n) is 3.06. The van der Waals surface area contributed by atoms with Gasteiger partial charge in [-0.2, -0.15) is 0 Å². The second kappa shape index (κ2) is 3.94. The van der Waals surface area contributed by atoms with Crippen LogP contribution in [-0.4, -0.2) is 17.0 Å². The number of halogens is 1. The number of nitro benzene ring substituents is 1. The molecule has 0 aliphatic rings. The van der Waals surface area contributed by atoms with Crippen molar-refractivity contribution in [3.8, 4) is 5.75 Å². The van der Waals surface area contributed by atoms with E-state index in [1.54, 1.807) is 12.1 Å². The van der Waals surface area contributed by atoms with Gasteiger partial charge in [0.2, 0.25) is 5.75 Å². The summed E-state index contributed by atoms with van der Waals surface area (Å²) in [5.41, 5.74) is 0.272. The van der Waals surface area contributed by atoms with Crippen molar-refractivity contribution in [1.29, 1.82) is 0 Å². The minimum atomic E-state index is -0.513. The molecule has 0 unspecified atom stereocenters. The van der Waals surface area contributed by atoms with Crippen LogP contribution in [0.2, 0.25) is 5.02 Å². The maximum absolute atomic E-state index is 10.8. The highest BCUT2D eigenvalue weighted by Gasteiger charge is 2.19. The largest absolute Gasteiger partial charge is 0.489 e. The lowest BCUT2D eigenvalue weighted by Crippen LogP contribution is -1.95. The van der Waals surface area contributed by atoms with Gasteiger partial charge in [-0.05, 0) is 12.1 Å². The fourth-order valence-corrected chi connectivity index (χ4v) is 1.70. The molecule has 5 nitrogen and oxygen atoms in total. The molecule has 0 aliphatic heterocycles. The van der Waals surface area contributed by atoms with Gasteiger partial charge in [0.1, 0.15) is 5.52 Å². The third-order valence-electron chi connectivity index (χ3n) is 2.19. The van der Waals surface area contributed by atoms with Crippen LogP contribution < -0.4 is 4.74 Å². The summed E-state index contributed by atoms with van der Waals surface area (Å²) < 4.78 is 5.01. The zero-order chi connectivity index (χ0) is 11.7. The summed E-state index contributed by atoms with van der Waals surface area (Å²) in [6, 6.07) is 4.54. The third kappa shape index (κ3) is 1.55. The molecule has 0 aliphatic carbocycles. The number of nitrogens with zero attached hydrogens (tertiary/aromatic N) is 2. The summed E-state index contributed by atoms with van der Waals surface area (Å²) in [6.07, 6.45) is 1.48. The predicted molar refractivity (Wildman–Crippen MR) is 60.0 cm³/mol. The number of ether oxygens (including phenoxy) is 1. The van der Waals surface area contributed by atoms with Gasteiger partial charge in [-0.1, -0.05) is 11.6 Å². The Labute approximate surface area is 95.8 Å². The van der Waals surface area contributed by atoms with Crippen molar-refractivity contribution in [2.24, 2.45) is 0 Å². The molecule has 2 rings (SSSR count). The van der Waals surface area contributed by atoms with Gasteiger partial charge in [-0.15, -0.1) is 0 Å². The van der Waals surface area contributed by atoms with Gasteiger partial charge in [0, 0.05) is 17.6 Å². The Balaban J connectivity index is 2.86. The Morgan fingerprint density at radius 2 is 2.19 bits per heavy atom. The van der Waals surface area contributed by atoms with Gasteiger partial charge in [0.15, 0.2) is 0 Å². The Kier molecular flexibility index (Phi) is 2.62. The van der Waals surface area contributed by atoms with E-state index in [4.69, 9.17) is 16.3 Å². The Bertz CT molecular complexity index is 571. The van der Waals surface area contributed by atoms with Crippen LogP contribution in [0.3, 0.4) is 0 Å². The van der Waals surface area contributed by atoms with Gasteiger partial charge in [-0.3, -0.25) is 15.1 Å². The number of hydrogen-bond donors (Lipinski definition) is 0. The smallest absolute Gasteiger partial charge is 0.313 e. The molecule has 0 atom stereocenters. The van der Waals surface area contributed by atoms with Crippen molar-refractivity contribution in [2.75, 3.05) is 7.11 Å². The zero-order valence-electron chi connectivity index (χ0n) is 8.31. The maximum atomic E-state index is 10.8. The number of methoxy groups -OCH3 is 1. The highest BCUT2D eigenvalue weighted by Crippen LogP contribution is 2.36. The molecule has 0 radical (unpaired) electrons. The standard InChI is InChI=1S/C10H7ClN2O3/c1-16-10-8(13(14)15)3-2-6-7(11)4-5-12-9(6)10/h2-5H,1H3. The number of pyridine rings is 1. The zero-order valence-corrected chi connectivity index (χ0v) is 9.06. The molecule has 0 amide bonds. The number of hydrogen-bond acceptors (Lipinski definition) is 4. The van der Waals surface area contributed by atoms with E-state index >= 15 is 0 Å². The normalized spacial score (nSPS) is 10.4. The predicted octanol–water partition coefficient (Wildman–Crippen LogP) is 2.81. The first-order valence-corrected chi connectivity index (χ1v) is 4.78. The lowest BCUT2D eigenvalue weighted by Gasteiger charge is -2.05. The van der Waals surface area contributed by atoms with E-state index in [1.165, 1.54) is 19.4 Å². The van der Waals surface area contributed by atoms with Crippen molar-refractivity contribution in [3.05, 3.63) is 39.5 Å². The summed E-state index contributed by atoms with van der Waals surface area (Å²) >= 11 is 5.95. The van der Waals surface area contributed by atoms with Gasteiger partial charge in [0.25, 0.3) is 0 Å². The number of nitro groups is 1. The summed E-state index contributed by atoms with van der Waals surface area (Å²) in [6.45, 7) is 0. The van der Waals surface area contributed by atoms with Crippen molar-refractivity contribution in [1.82, 2.24) is 4.98 Å². The molecule has 0 N–H and O–H groups in total. The van der Waals surface area contributed by atoms with E-state index in [-0.39, 0.29) is 11.4 Å². The summed E-state index contributed by atoms with van der Waals surface area (Å²) in [5.74, 6) is 0.130. The van der Waals surface area contributed by atoms with E-state index < -0.39 is 4.92 Å².